The zero-order valence-corrected chi connectivity index (χ0v) is 12.7. The fraction of sp³-hybridized carbons (Fsp3) is 0.538. The van der Waals surface area contributed by atoms with E-state index < -0.39 is 15.6 Å². The Hall–Kier alpha value is -0.950. The van der Waals surface area contributed by atoms with Gasteiger partial charge in [0.15, 0.2) is 0 Å². The summed E-state index contributed by atoms with van der Waals surface area (Å²) in [7, 11) is 0.0656. The van der Waals surface area contributed by atoms with Crippen LogP contribution in [-0.4, -0.2) is 51.2 Å². The molecule has 0 bridgehead atoms. The predicted molar refractivity (Wildman–Crippen MR) is 75.5 cm³/mol. The first kappa shape index (κ1) is 16.1. The Morgan fingerprint density at radius 2 is 2.00 bits per heavy atom. The normalized spacial score (nSPS) is 15.5. The number of aryl methyl sites for hydroxylation is 1. The maximum atomic E-state index is 12.1. The Labute approximate surface area is 115 Å². The number of aliphatic hydroxyl groups is 1. The molecular formula is C13H22N2O3S. The summed E-state index contributed by atoms with van der Waals surface area (Å²) < 4.78 is 26.6. The largest absolute Gasteiger partial charge is 0.387 e. The van der Waals surface area contributed by atoms with E-state index in [1.54, 1.807) is 24.0 Å². The second-order valence-electron chi connectivity index (χ2n) is 5.38. The molecule has 0 radical (unpaired) electrons. The number of rotatable bonds is 6. The van der Waals surface area contributed by atoms with Crippen molar-refractivity contribution in [2.24, 2.45) is 0 Å². The molecule has 0 saturated carbocycles. The predicted octanol–water partition coefficient (Wildman–Crippen LogP) is 0.586. The quantitative estimate of drug-likeness (QED) is 0.803. The summed E-state index contributed by atoms with van der Waals surface area (Å²) >= 11 is 0. The molecule has 5 nitrogen and oxygen atoms in total. The Morgan fingerprint density at radius 1 is 1.37 bits per heavy atom. The maximum Gasteiger partial charge on any atom is 0.240 e. The summed E-state index contributed by atoms with van der Waals surface area (Å²) in [4.78, 5) is 2.02. The van der Waals surface area contributed by atoms with Gasteiger partial charge in [-0.05, 0) is 45.6 Å². The molecule has 0 aliphatic carbocycles. The summed E-state index contributed by atoms with van der Waals surface area (Å²) in [5.41, 5.74) is -0.233. The molecular weight excluding hydrogens is 264 g/mol. The minimum absolute atomic E-state index is 0.0263. The van der Waals surface area contributed by atoms with Gasteiger partial charge in [-0.1, -0.05) is 12.1 Å². The van der Waals surface area contributed by atoms with E-state index in [4.69, 9.17) is 0 Å². The van der Waals surface area contributed by atoms with Gasteiger partial charge in [-0.3, -0.25) is 0 Å². The highest BCUT2D eigenvalue weighted by Gasteiger charge is 2.24. The second kappa shape index (κ2) is 6.00. The maximum absolute atomic E-state index is 12.1. The van der Waals surface area contributed by atoms with E-state index >= 15 is 0 Å². The number of benzene rings is 1. The lowest BCUT2D eigenvalue weighted by molar-refractivity contribution is 0.0386. The summed E-state index contributed by atoms with van der Waals surface area (Å²) in [6, 6.07) is 6.67. The molecule has 0 spiro atoms. The van der Waals surface area contributed by atoms with Crippen molar-refractivity contribution in [1.82, 2.24) is 9.62 Å². The fourth-order valence-corrected chi connectivity index (χ4v) is 3.12. The van der Waals surface area contributed by atoms with Crippen LogP contribution in [0.2, 0.25) is 0 Å². The van der Waals surface area contributed by atoms with Crippen LogP contribution in [0.1, 0.15) is 12.5 Å². The molecule has 1 rings (SSSR count). The smallest absolute Gasteiger partial charge is 0.240 e. The lowest BCUT2D eigenvalue weighted by Crippen LogP contribution is -2.47. The molecule has 1 aromatic rings. The molecule has 0 fully saturated rings. The number of likely N-dealkylation sites (N-methyl/N-ethyl adjacent to an activating group) is 1. The van der Waals surface area contributed by atoms with Gasteiger partial charge < -0.3 is 10.0 Å². The minimum Gasteiger partial charge on any atom is -0.387 e. The monoisotopic (exact) mass is 286 g/mol. The second-order valence-corrected chi connectivity index (χ2v) is 7.14. The van der Waals surface area contributed by atoms with Crippen LogP contribution in [0.5, 0.6) is 0 Å². The average molecular weight is 286 g/mol. The highest BCUT2D eigenvalue weighted by atomic mass is 32.2. The third kappa shape index (κ3) is 5.28. The Balaban J connectivity index is 2.76. The first-order valence-corrected chi connectivity index (χ1v) is 7.54. The Morgan fingerprint density at radius 3 is 2.53 bits per heavy atom. The van der Waals surface area contributed by atoms with E-state index in [-0.39, 0.29) is 11.4 Å². The summed E-state index contributed by atoms with van der Waals surface area (Å²) in [5.74, 6) is 0. The zero-order valence-electron chi connectivity index (χ0n) is 11.8. The van der Waals surface area contributed by atoms with Gasteiger partial charge in [-0.15, -0.1) is 0 Å². The number of nitrogens with zero attached hydrogens (tertiary/aromatic N) is 1. The van der Waals surface area contributed by atoms with E-state index in [2.05, 4.69) is 4.72 Å². The molecule has 0 saturated heterocycles. The molecule has 0 aliphatic rings. The molecule has 6 heteroatoms. The number of hydrogen-bond acceptors (Lipinski definition) is 4. The van der Waals surface area contributed by atoms with Crippen LogP contribution in [0.3, 0.4) is 0 Å². The molecule has 19 heavy (non-hydrogen) atoms. The van der Waals surface area contributed by atoms with Crippen LogP contribution < -0.4 is 4.72 Å². The third-order valence-corrected chi connectivity index (χ3v) is 4.00. The molecule has 0 aromatic heterocycles. The van der Waals surface area contributed by atoms with Crippen LogP contribution >= 0.6 is 0 Å². The van der Waals surface area contributed by atoms with Gasteiger partial charge >= 0.3 is 0 Å². The molecule has 1 aromatic carbocycles. The fourth-order valence-electron chi connectivity index (χ4n) is 1.85. The lowest BCUT2D eigenvalue weighted by atomic mass is 10.1. The number of sulfonamides is 1. The number of nitrogens with one attached hydrogen (secondary N) is 1. The van der Waals surface area contributed by atoms with Crippen molar-refractivity contribution >= 4 is 10.0 Å². The van der Waals surface area contributed by atoms with Crippen molar-refractivity contribution in [3.8, 4) is 0 Å². The van der Waals surface area contributed by atoms with Crippen LogP contribution in [-0.2, 0) is 10.0 Å². The standard InChI is InChI=1S/C13H22N2O3S/c1-11-6-5-7-12(8-11)19(17,18)14-9-13(2,16)10-15(3)4/h5-8,14,16H,9-10H2,1-4H3. The van der Waals surface area contributed by atoms with E-state index in [0.717, 1.165) is 5.56 Å². The molecule has 2 N–H and O–H groups in total. The van der Waals surface area contributed by atoms with Crippen LogP contribution in [0.25, 0.3) is 0 Å². The lowest BCUT2D eigenvalue weighted by Gasteiger charge is -2.27. The summed E-state index contributed by atoms with van der Waals surface area (Å²) in [6.07, 6.45) is 0. The molecule has 0 aliphatic heterocycles. The molecule has 1 unspecified atom stereocenters. The van der Waals surface area contributed by atoms with Gasteiger partial charge in [0.25, 0.3) is 0 Å². The van der Waals surface area contributed by atoms with Crippen molar-refractivity contribution in [2.75, 3.05) is 27.2 Å². The SMILES string of the molecule is Cc1cccc(S(=O)(=O)NCC(C)(O)CN(C)C)c1. The first-order chi connectivity index (χ1) is 8.62. The van der Waals surface area contributed by atoms with Crippen LogP contribution in [0.4, 0.5) is 0 Å². The van der Waals surface area contributed by atoms with Gasteiger partial charge in [-0.2, -0.15) is 0 Å². The first-order valence-electron chi connectivity index (χ1n) is 6.06. The Bertz CT molecular complexity index is 524. The molecule has 0 amide bonds. The molecule has 0 heterocycles. The van der Waals surface area contributed by atoms with E-state index in [0.29, 0.717) is 6.54 Å². The van der Waals surface area contributed by atoms with Gasteiger partial charge in [0, 0.05) is 13.1 Å². The number of hydrogen-bond donors (Lipinski definition) is 2. The average Bonchev–Trinajstić information content (AvgIpc) is 2.25. The zero-order chi connectivity index (χ0) is 14.7. The highest BCUT2D eigenvalue weighted by Crippen LogP contribution is 2.12. The van der Waals surface area contributed by atoms with Crippen molar-refractivity contribution in [1.29, 1.82) is 0 Å². The van der Waals surface area contributed by atoms with Gasteiger partial charge in [0.2, 0.25) is 10.0 Å². The van der Waals surface area contributed by atoms with Crippen molar-refractivity contribution in [2.45, 2.75) is 24.3 Å². The van der Waals surface area contributed by atoms with Gasteiger partial charge in [0.05, 0.1) is 10.5 Å². The van der Waals surface area contributed by atoms with E-state index in [1.165, 1.54) is 6.07 Å². The minimum atomic E-state index is -3.58. The summed E-state index contributed by atoms with van der Waals surface area (Å²) in [6.45, 7) is 3.79. The summed E-state index contributed by atoms with van der Waals surface area (Å²) in [5, 5.41) is 10.1. The topological polar surface area (TPSA) is 69.6 Å². The third-order valence-electron chi connectivity index (χ3n) is 2.60. The van der Waals surface area contributed by atoms with Crippen molar-refractivity contribution in [3.05, 3.63) is 29.8 Å². The van der Waals surface area contributed by atoms with Crippen LogP contribution in [0, 0.1) is 6.92 Å². The van der Waals surface area contributed by atoms with Crippen LogP contribution in [0.15, 0.2) is 29.2 Å². The van der Waals surface area contributed by atoms with E-state index in [1.807, 2.05) is 27.1 Å². The van der Waals surface area contributed by atoms with Crippen molar-refractivity contribution < 1.29 is 13.5 Å². The van der Waals surface area contributed by atoms with Gasteiger partial charge in [0.1, 0.15) is 0 Å². The highest BCUT2D eigenvalue weighted by molar-refractivity contribution is 7.89. The molecule has 108 valence electrons. The van der Waals surface area contributed by atoms with Gasteiger partial charge in [-0.25, -0.2) is 13.1 Å². The van der Waals surface area contributed by atoms with Crippen molar-refractivity contribution in [3.63, 3.8) is 0 Å². The molecule has 1 atom stereocenters. The van der Waals surface area contributed by atoms with E-state index in [9.17, 15) is 13.5 Å². The Kier molecular flexibility index (Phi) is 5.09.